The fourth-order valence-electron chi connectivity index (χ4n) is 0.564. The van der Waals surface area contributed by atoms with E-state index in [1.54, 1.807) is 0 Å². The van der Waals surface area contributed by atoms with Crippen molar-refractivity contribution < 1.29 is 9.18 Å². The van der Waals surface area contributed by atoms with Gasteiger partial charge in [-0.3, -0.25) is 4.79 Å². The van der Waals surface area contributed by atoms with Gasteiger partial charge in [-0.2, -0.15) is 0 Å². The summed E-state index contributed by atoms with van der Waals surface area (Å²) >= 11 is 6.05. The topological polar surface area (TPSA) is 30.0 Å². The first-order chi connectivity index (χ1) is 5.16. The first-order valence-electron chi connectivity index (χ1n) is 2.61. The van der Waals surface area contributed by atoms with Gasteiger partial charge in [-0.15, -0.1) is 0 Å². The molecular formula is C6H2Br2FNO. The van der Waals surface area contributed by atoms with Crippen molar-refractivity contribution in [1.29, 1.82) is 0 Å². The molecule has 0 bridgehead atoms. The number of hydrogen-bond acceptors (Lipinski definition) is 2. The zero-order valence-electron chi connectivity index (χ0n) is 5.14. The standard InChI is InChI=1S/C6H2Br2FNO/c7-5-3(2-11)4(9)1-10-6(5)8/h1-2H. The Kier molecular flexibility index (Phi) is 2.72. The molecule has 0 aliphatic heterocycles. The van der Waals surface area contributed by atoms with Crippen LogP contribution in [0.3, 0.4) is 0 Å². The van der Waals surface area contributed by atoms with E-state index in [2.05, 4.69) is 36.8 Å². The van der Waals surface area contributed by atoms with E-state index in [1.807, 2.05) is 0 Å². The molecule has 0 atom stereocenters. The second-order valence-electron chi connectivity index (χ2n) is 1.74. The summed E-state index contributed by atoms with van der Waals surface area (Å²) in [5.41, 5.74) is -0.0214. The molecule has 0 amide bonds. The van der Waals surface area contributed by atoms with Crippen LogP contribution in [-0.2, 0) is 0 Å². The van der Waals surface area contributed by atoms with Crippen molar-refractivity contribution in [1.82, 2.24) is 4.98 Å². The number of pyridine rings is 1. The van der Waals surface area contributed by atoms with Gasteiger partial charge in [-0.25, -0.2) is 9.37 Å². The zero-order chi connectivity index (χ0) is 8.43. The summed E-state index contributed by atoms with van der Waals surface area (Å²) in [5.74, 6) is -0.630. The van der Waals surface area contributed by atoms with Crippen LogP contribution in [0.25, 0.3) is 0 Å². The van der Waals surface area contributed by atoms with Gasteiger partial charge in [-0.05, 0) is 31.9 Å². The van der Waals surface area contributed by atoms with Gasteiger partial charge in [0.2, 0.25) is 0 Å². The highest BCUT2D eigenvalue weighted by Gasteiger charge is 2.09. The quantitative estimate of drug-likeness (QED) is 0.585. The second-order valence-corrected chi connectivity index (χ2v) is 3.29. The largest absolute Gasteiger partial charge is 0.298 e. The Hall–Kier alpha value is -0.290. The van der Waals surface area contributed by atoms with Gasteiger partial charge in [0.1, 0.15) is 4.60 Å². The minimum Gasteiger partial charge on any atom is -0.298 e. The summed E-state index contributed by atoms with van der Waals surface area (Å²) in [5, 5.41) is 0. The van der Waals surface area contributed by atoms with Crippen LogP contribution in [0.4, 0.5) is 4.39 Å². The molecule has 0 spiro atoms. The maximum Gasteiger partial charge on any atom is 0.154 e. The van der Waals surface area contributed by atoms with Crippen molar-refractivity contribution in [3.8, 4) is 0 Å². The van der Waals surface area contributed by atoms with Crippen molar-refractivity contribution in [2.24, 2.45) is 0 Å². The van der Waals surface area contributed by atoms with Crippen LogP contribution < -0.4 is 0 Å². The first-order valence-corrected chi connectivity index (χ1v) is 4.20. The van der Waals surface area contributed by atoms with Crippen molar-refractivity contribution in [2.45, 2.75) is 0 Å². The van der Waals surface area contributed by atoms with E-state index in [1.165, 1.54) is 0 Å². The van der Waals surface area contributed by atoms with Crippen molar-refractivity contribution in [2.75, 3.05) is 0 Å². The number of rotatable bonds is 1. The van der Waals surface area contributed by atoms with Crippen molar-refractivity contribution in [3.63, 3.8) is 0 Å². The first kappa shape index (κ1) is 8.80. The number of carbonyl (C=O) groups excluding carboxylic acids is 1. The predicted octanol–water partition coefficient (Wildman–Crippen LogP) is 2.56. The molecule has 0 aliphatic carbocycles. The predicted molar refractivity (Wildman–Crippen MR) is 45.0 cm³/mol. The molecule has 0 saturated heterocycles. The van der Waals surface area contributed by atoms with Crippen LogP contribution in [0.2, 0.25) is 0 Å². The van der Waals surface area contributed by atoms with Gasteiger partial charge in [0.25, 0.3) is 0 Å². The van der Waals surface area contributed by atoms with Gasteiger partial charge in [-0.1, -0.05) is 0 Å². The third-order valence-electron chi connectivity index (χ3n) is 1.08. The lowest BCUT2D eigenvalue weighted by molar-refractivity contribution is 0.111. The number of carbonyl (C=O) groups is 1. The van der Waals surface area contributed by atoms with Crippen LogP contribution >= 0.6 is 31.9 Å². The highest BCUT2D eigenvalue weighted by atomic mass is 79.9. The lowest BCUT2D eigenvalue weighted by atomic mass is 10.3. The Morgan fingerprint density at radius 3 is 2.64 bits per heavy atom. The SMILES string of the molecule is O=Cc1c(F)cnc(Br)c1Br. The number of hydrogen-bond donors (Lipinski definition) is 0. The molecule has 0 saturated carbocycles. The van der Waals surface area contributed by atoms with Crippen molar-refractivity contribution in [3.05, 3.63) is 26.7 Å². The molecule has 0 N–H and O–H groups in total. The van der Waals surface area contributed by atoms with Crippen LogP contribution in [0, 0.1) is 5.82 Å². The van der Waals surface area contributed by atoms with Gasteiger partial charge in [0.05, 0.1) is 16.2 Å². The molecule has 0 fully saturated rings. The van der Waals surface area contributed by atoms with E-state index in [0.29, 0.717) is 15.4 Å². The molecule has 0 unspecified atom stereocenters. The number of aromatic nitrogens is 1. The Morgan fingerprint density at radius 2 is 2.18 bits per heavy atom. The molecule has 58 valence electrons. The maximum absolute atomic E-state index is 12.7. The number of nitrogens with zero attached hydrogens (tertiary/aromatic N) is 1. The second kappa shape index (κ2) is 3.40. The van der Waals surface area contributed by atoms with Crippen molar-refractivity contribution >= 4 is 38.1 Å². The van der Waals surface area contributed by atoms with Crippen LogP contribution in [0.5, 0.6) is 0 Å². The Bertz CT molecular complexity index is 303. The minimum atomic E-state index is -0.630. The molecule has 1 heterocycles. The maximum atomic E-state index is 12.7. The normalized spacial score (nSPS) is 9.73. The molecule has 0 aromatic carbocycles. The van der Waals surface area contributed by atoms with E-state index < -0.39 is 5.82 Å². The monoisotopic (exact) mass is 281 g/mol. The van der Waals surface area contributed by atoms with Gasteiger partial charge < -0.3 is 0 Å². The number of aldehydes is 1. The van der Waals surface area contributed by atoms with Gasteiger partial charge >= 0.3 is 0 Å². The lowest BCUT2D eigenvalue weighted by Crippen LogP contribution is -1.92. The van der Waals surface area contributed by atoms with Gasteiger partial charge in [0.15, 0.2) is 12.1 Å². The smallest absolute Gasteiger partial charge is 0.154 e. The van der Waals surface area contributed by atoms with Crippen LogP contribution in [-0.4, -0.2) is 11.3 Å². The third kappa shape index (κ3) is 1.65. The van der Waals surface area contributed by atoms with Crippen LogP contribution in [0.1, 0.15) is 10.4 Å². The summed E-state index contributed by atoms with van der Waals surface area (Å²) < 4.78 is 13.4. The van der Waals surface area contributed by atoms with Crippen LogP contribution in [0.15, 0.2) is 15.3 Å². The third-order valence-corrected chi connectivity index (χ3v) is 3.02. The average Bonchev–Trinajstić information content (AvgIpc) is 1.99. The summed E-state index contributed by atoms with van der Waals surface area (Å²) in [6.45, 7) is 0. The van der Waals surface area contributed by atoms with E-state index in [-0.39, 0.29) is 5.56 Å². The van der Waals surface area contributed by atoms with E-state index in [0.717, 1.165) is 6.20 Å². The molecule has 5 heteroatoms. The molecular weight excluding hydrogens is 281 g/mol. The average molecular weight is 283 g/mol. The summed E-state index contributed by atoms with van der Waals surface area (Å²) in [4.78, 5) is 13.9. The summed E-state index contributed by atoms with van der Waals surface area (Å²) in [6, 6.07) is 0. The van der Waals surface area contributed by atoms with E-state index >= 15 is 0 Å². The Labute approximate surface area is 79.1 Å². The van der Waals surface area contributed by atoms with E-state index in [4.69, 9.17) is 0 Å². The fourth-order valence-corrected chi connectivity index (χ4v) is 1.26. The van der Waals surface area contributed by atoms with Gasteiger partial charge in [0, 0.05) is 0 Å². The highest BCUT2D eigenvalue weighted by Crippen LogP contribution is 2.24. The highest BCUT2D eigenvalue weighted by molar-refractivity contribution is 9.13. The molecule has 1 aromatic heterocycles. The molecule has 2 nitrogen and oxygen atoms in total. The lowest BCUT2D eigenvalue weighted by Gasteiger charge is -1.98. The molecule has 1 rings (SSSR count). The molecule has 0 aliphatic rings. The number of halogens is 3. The summed E-state index contributed by atoms with van der Waals surface area (Å²) in [6.07, 6.45) is 1.42. The molecule has 0 radical (unpaired) electrons. The Morgan fingerprint density at radius 1 is 1.55 bits per heavy atom. The minimum absolute atomic E-state index is 0.0214. The zero-order valence-corrected chi connectivity index (χ0v) is 8.32. The molecule has 11 heavy (non-hydrogen) atoms. The summed E-state index contributed by atoms with van der Waals surface area (Å²) in [7, 11) is 0. The van der Waals surface area contributed by atoms with E-state index in [9.17, 15) is 9.18 Å². The molecule has 1 aromatic rings. The Balaban J connectivity index is 3.40. The fraction of sp³-hybridized carbons (Fsp3) is 0.